The average molecular weight is 347 g/mol. The Morgan fingerprint density at radius 2 is 1.88 bits per heavy atom. The number of aryl methyl sites for hydroxylation is 1. The number of carbonyl (C=O) groups excluding carboxylic acids is 1. The van der Waals surface area contributed by atoms with Crippen molar-refractivity contribution in [3.8, 4) is 5.75 Å². The van der Waals surface area contributed by atoms with Gasteiger partial charge >= 0.3 is 0 Å². The molecule has 0 bridgehead atoms. The van der Waals surface area contributed by atoms with Crippen molar-refractivity contribution >= 4 is 22.4 Å². The largest absolute Gasteiger partial charge is 0.493 e. The number of ether oxygens (including phenoxy) is 1. The maximum absolute atomic E-state index is 12.0. The summed E-state index contributed by atoms with van der Waals surface area (Å²) in [5.74, 6) is 0.917. The van der Waals surface area contributed by atoms with Crippen LogP contribution in [-0.2, 0) is 17.6 Å². The number of carbonyl (C=O) groups is 1. The summed E-state index contributed by atoms with van der Waals surface area (Å²) in [6.07, 6.45) is 3.36. The van der Waals surface area contributed by atoms with Crippen LogP contribution in [0.3, 0.4) is 0 Å². The Hall–Kier alpha value is -1.95. The molecule has 0 spiro atoms. The second-order valence-corrected chi connectivity index (χ2v) is 6.66. The van der Waals surface area contributed by atoms with Gasteiger partial charge in [-0.1, -0.05) is 44.2 Å². The van der Waals surface area contributed by atoms with Crippen LogP contribution in [0.15, 0.2) is 24.3 Å². The van der Waals surface area contributed by atoms with Gasteiger partial charge < -0.3 is 10.1 Å². The Morgan fingerprint density at radius 3 is 2.50 bits per heavy atom. The Morgan fingerprint density at radius 1 is 1.17 bits per heavy atom. The van der Waals surface area contributed by atoms with Gasteiger partial charge in [0.15, 0.2) is 0 Å². The van der Waals surface area contributed by atoms with Crippen molar-refractivity contribution in [1.29, 1.82) is 0 Å². The lowest BCUT2D eigenvalue weighted by Crippen LogP contribution is -2.21. The Balaban J connectivity index is 1.79. The average Bonchev–Trinajstić information content (AvgIpc) is 3.04. The van der Waals surface area contributed by atoms with E-state index in [0.29, 0.717) is 18.2 Å². The van der Waals surface area contributed by atoms with Crippen LogP contribution in [0.1, 0.15) is 44.2 Å². The first-order valence-electron chi connectivity index (χ1n) is 8.51. The van der Waals surface area contributed by atoms with E-state index < -0.39 is 0 Å². The summed E-state index contributed by atoms with van der Waals surface area (Å²) in [6.45, 7) is 6.71. The zero-order chi connectivity index (χ0) is 17.4. The Bertz CT molecular complexity index is 636. The van der Waals surface area contributed by atoms with Crippen LogP contribution in [-0.4, -0.2) is 22.7 Å². The fourth-order valence-corrected chi connectivity index (χ4v) is 3.07. The zero-order valence-electron chi connectivity index (χ0n) is 14.5. The van der Waals surface area contributed by atoms with E-state index in [4.69, 9.17) is 4.74 Å². The standard InChI is InChI=1S/C18H25N3O2S/c1-4-13-7-9-15(10-8-13)23-12-11-16-20-21-18(24-16)19-17(22)14(5-2)6-3/h7-10,14H,4-6,11-12H2,1-3H3,(H,19,21,22). The molecule has 1 aromatic carbocycles. The van der Waals surface area contributed by atoms with Gasteiger partial charge in [-0.05, 0) is 37.0 Å². The number of hydrogen-bond acceptors (Lipinski definition) is 5. The zero-order valence-corrected chi connectivity index (χ0v) is 15.4. The van der Waals surface area contributed by atoms with Gasteiger partial charge in [0.05, 0.1) is 6.61 Å². The first-order valence-corrected chi connectivity index (χ1v) is 9.32. The predicted octanol–water partition coefficient (Wildman–Crippen LogP) is 4.10. The van der Waals surface area contributed by atoms with Crippen molar-refractivity contribution in [2.75, 3.05) is 11.9 Å². The summed E-state index contributed by atoms with van der Waals surface area (Å²) >= 11 is 1.41. The highest BCUT2D eigenvalue weighted by atomic mass is 32.1. The molecule has 130 valence electrons. The molecule has 0 saturated heterocycles. The summed E-state index contributed by atoms with van der Waals surface area (Å²) in [5.41, 5.74) is 1.30. The van der Waals surface area contributed by atoms with Gasteiger partial charge in [-0.2, -0.15) is 0 Å². The molecule has 6 heteroatoms. The number of aromatic nitrogens is 2. The molecule has 1 aromatic heterocycles. The monoisotopic (exact) mass is 347 g/mol. The lowest BCUT2D eigenvalue weighted by atomic mass is 10.0. The van der Waals surface area contributed by atoms with E-state index in [1.807, 2.05) is 26.0 Å². The molecular formula is C18H25N3O2S. The molecule has 0 saturated carbocycles. The van der Waals surface area contributed by atoms with E-state index in [0.717, 1.165) is 30.0 Å². The predicted molar refractivity (Wildman–Crippen MR) is 97.6 cm³/mol. The second kappa shape index (κ2) is 9.37. The van der Waals surface area contributed by atoms with Crippen molar-refractivity contribution < 1.29 is 9.53 Å². The second-order valence-electron chi connectivity index (χ2n) is 5.60. The molecule has 1 amide bonds. The van der Waals surface area contributed by atoms with Gasteiger partial charge in [-0.3, -0.25) is 4.79 Å². The number of hydrogen-bond donors (Lipinski definition) is 1. The fourth-order valence-electron chi connectivity index (χ4n) is 2.35. The molecule has 2 aromatic rings. The number of nitrogens with zero attached hydrogens (tertiary/aromatic N) is 2. The van der Waals surface area contributed by atoms with E-state index in [1.54, 1.807) is 0 Å². The summed E-state index contributed by atoms with van der Waals surface area (Å²) in [4.78, 5) is 12.0. The van der Waals surface area contributed by atoms with E-state index >= 15 is 0 Å². The van der Waals surface area contributed by atoms with Crippen LogP contribution in [0.4, 0.5) is 5.13 Å². The minimum Gasteiger partial charge on any atom is -0.493 e. The highest BCUT2D eigenvalue weighted by molar-refractivity contribution is 7.15. The van der Waals surface area contributed by atoms with E-state index in [2.05, 4.69) is 34.6 Å². The molecule has 1 N–H and O–H groups in total. The van der Waals surface area contributed by atoms with Gasteiger partial charge in [-0.15, -0.1) is 10.2 Å². The third-order valence-electron chi connectivity index (χ3n) is 3.97. The Kier molecular flexibility index (Phi) is 7.18. The summed E-state index contributed by atoms with van der Waals surface area (Å²) in [6, 6.07) is 8.12. The molecular weight excluding hydrogens is 322 g/mol. The maximum Gasteiger partial charge on any atom is 0.229 e. The quantitative estimate of drug-likeness (QED) is 0.742. The minimum atomic E-state index is 0.0231. The minimum absolute atomic E-state index is 0.0231. The lowest BCUT2D eigenvalue weighted by molar-refractivity contribution is -0.120. The van der Waals surface area contributed by atoms with Crippen LogP contribution in [0.5, 0.6) is 5.75 Å². The summed E-state index contributed by atoms with van der Waals surface area (Å²) < 4.78 is 5.72. The van der Waals surface area contributed by atoms with Crippen molar-refractivity contribution in [2.24, 2.45) is 5.92 Å². The molecule has 0 atom stereocenters. The molecule has 0 unspecified atom stereocenters. The molecule has 0 aliphatic carbocycles. The molecule has 1 heterocycles. The van der Waals surface area contributed by atoms with Gasteiger partial charge in [-0.25, -0.2) is 0 Å². The smallest absolute Gasteiger partial charge is 0.229 e. The molecule has 0 aliphatic rings. The van der Waals surface area contributed by atoms with Crippen molar-refractivity contribution in [1.82, 2.24) is 10.2 Å². The van der Waals surface area contributed by atoms with Gasteiger partial charge in [0.2, 0.25) is 11.0 Å². The van der Waals surface area contributed by atoms with E-state index in [1.165, 1.54) is 16.9 Å². The molecule has 0 fully saturated rings. The summed E-state index contributed by atoms with van der Waals surface area (Å²) in [7, 11) is 0. The fraction of sp³-hybridized carbons (Fsp3) is 0.500. The third-order valence-corrected chi connectivity index (χ3v) is 4.87. The number of nitrogens with one attached hydrogen (secondary N) is 1. The molecule has 5 nitrogen and oxygen atoms in total. The Labute approximate surface area is 147 Å². The molecule has 24 heavy (non-hydrogen) atoms. The van der Waals surface area contributed by atoms with Crippen LogP contribution in [0, 0.1) is 5.92 Å². The van der Waals surface area contributed by atoms with Gasteiger partial charge in [0.25, 0.3) is 0 Å². The highest BCUT2D eigenvalue weighted by Gasteiger charge is 2.16. The van der Waals surface area contributed by atoms with E-state index in [-0.39, 0.29) is 11.8 Å². The topological polar surface area (TPSA) is 64.1 Å². The third kappa shape index (κ3) is 5.30. The lowest BCUT2D eigenvalue weighted by Gasteiger charge is -2.10. The number of benzene rings is 1. The molecule has 0 aliphatic heterocycles. The summed E-state index contributed by atoms with van der Waals surface area (Å²) in [5, 5.41) is 12.4. The van der Waals surface area contributed by atoms with Crippen LogP contribution < -0.4 is 10.1 Å². The number of rotatable bonds is 9. The SMILES string of the molecule is CCc1ccc(OCCc2nnc(NC(=O)C(CC)CC)s2)cc1. The highest BCUT2D eigenvalue weighted by Crippen LogP contribution is 2.19. The maximum atomic E-state index is 12.0. The molecule has 2 rings (SSSR count). The van der Waals surface area contributed by atoms with E-state index in [9.17, 15) is 4.79 Å². The molecule has 0 radical (unpaired) electrons. The normalized spacial score (nSPS) is 10.8. The van der Waals surface area contributed by atoms with Crippen molar-refractivity contribution in [3.63, 3.8) is 0 Å². The number of anilines is 1. The van der Waals surface area contributed by atoms with Gasteiger partial charge in [0.1, 0.15) is 10.8 Å². The first-order chi connectivity index (χ1) is 11.7. The van der Waals surface area contributed by atoms with Crippen LogP contribution >= 0.6 is 11.3 Å². The van der Waals surface area contributed by atoms with Gasteiger partial charge in [0, 0.05) is 12.3 Å². The van der Waals surface area contributed by atoms with Crippen LogP contribution in [0.25, 0.3) is 0 Å². The van der Waals surface area contributed by atoms with Crippen LogP contribution in [0.2, 0.25) is 0 Å². The van der Waals surface area contributed by atoms with Crippen molar-refractivity contribution in [2.45, 2.75) is 46.5 Å². The first kappa shape index (κ1) is 18.4. The van der Waals surface area contributed by atoms with Crippen molar-refractivity contribution in [3.05, 3.63) is 34.8 Å². The number of amides is 1.